The van der Waals surface area contributed by atoms with Crippen molar-refractivity contribution in [1.29, 1.82) is 0 Å². The molecule has 0 unspecified atom stereocenters. The summed E-state index contributed by atoms with van der Waals surface area (Å²) in [6, 6.07) is 46.9. The van der Waals surface area contributed by atoms with E-state index in [-0.39, 0.29) is 0 Å². The standard InChI is InChI=1S/C35H27NO2/c1-26-22-24-29(25-23-26)33(36-32(27-14-6-2-7-15-27)28-16-8-3-9-17-28)34(30-18-10-4-11-19-30)38-35(37)31-20-12-5-13-21-31/h2-25H,1H3/b34-33+. The number of carbonyl (C=O) groups is 1. The van der Waals surface area contributed by atoms with Gasteiger partial charge in [0.1, 0.15) is 5.70 Å². The van der Waals surface area contributed by atoms with Gasteiger partial charge in [-0.15, -0.1) is 0 Å². The van der Waals surface area contributed by atoms with E-state index in [1.165, 1.54) is 0 Å². The van der Waals surface area contributed by atoms with Gasteiger partial charge in [-0.05, 0) is 19.1 Å². The van der Waals surface area contributed by atoms with Crippen LogP contribution in [0.15, 0.2) is 151 Å². The molecule has 3 heteroatoms. The molecule has 184 valence electrons. The van der Waals surface area contributed by atoms with E-state index in [1.54, 1.807) is 12.1 Å². The molecule has 0 bridgehead atoms. The molecule has 0 N–H and O–H groups in total. The number of esters is 1. The molecular formula is C35H27NO2. The first-order valence-corrected chi connectivity index (χ1v) is 12.5. The Morgan fingerprint density at radius 1 is 0.500 bits per heavy atom. The topological polar surface area (TPSA) is 38.7 Å². The molecule has 0 aliphatic rings. The fourth-order valence-electron chi connectivity index (χ4n) is 4.12. The van der Waals surface area contributed by atoms with Crippen LogP contribution in [-0.4, -0.2) is 11.7 Å². The van der Waals surface area contributed by atoms with Crippen LogP contribution in [0.4, 0.5) is 0 Å². The summed E-state index contributed by atoms with van der Waals surface area (Å²) in [4.78, 5) is 18.6. The van der Waals surface area contributed by atoms with Crippen LogP contribution in [0.2, 0.25) is 0 Å². The van der Waals surface area contributed by atoms with E-state index in [0.29, 0.717) is 17.0 Å². The van der Waals surface area contributed by atoms with E-state index in [0.717, 1.165) is 33.5 Å². The number of benzene rings is 5. The smallest absolute Gasteiger partial charge is 0.343 e. The lowest BCUT2D eigenvalue weighted by atomic mass is 10.0. The predicted molar refractivity (Wildman–Crippen MR) is 155 cm³/mol. The average molecular weight is 494 g/mol. The second-order valence-electron chi connectivity index (χ2n) is 8.86. The molecule has 0 amide bonds. The van der Waals surface area contributed by atoms with Crippen LogP contribution in [0, 0.1) is 6.92 Å². The van der Waals surface area contributed by atoms with Gasteiger partial charge in [-0.1, -0.05) is 139 Å². The molecule has 0 aliphatic carbocycles. The Morgan fingerprint density at radius 3 is 1.39 bits per heavy atom. The van der Waals surface area contributed by atoms with E-state index in [2.05, 4.69) is 0 Å². The monoisotopic (exact) mass is 493 g/mol. The molecule has 5 rings (SSSR count). The van der Waals surface area contributed by atoms with Crippen molar-refractivity contribution in [1.82, 2.24) is 0 Å². The Morgan fingerprint density at radius 2 is 0.921 bits per heavy atom. The quantitative estimate of drug-likeness (QED) is 0.0991. The van der Waals surface area contributed by atoms with Crippen molar-refractivity contribution in [2.45, 2.75) is 6.92 Å². The highest BCUT2D eigenvalue weighted by Crippen LogP contribution is 2.31. The first-order chi connectivity index (χ1) is 18.7. The zero-order chi connectivity index (χ0) is 26.2. The molecule has 5 aromatic carbocycles. The number of aryl methyl sites for hydroxylation is 1. The van der Waals surface area contributed by atoms with Gasteiger partial charge in [-0.3, -0.25) is 0 Å². The highest BCUT2D eigenvalue weighted by molar-refractivity contribution is 6.16. The van der Waals surface area contributed by atoms with Crippen LogP contribution >= 0.6 is 0 Å². The maximum absolute atomic E-state index is 13.3. The normalized spacial score (nSPS) is 11.3. The van der Waals surface area contributed by atoms with E-state index in [9.17, 15) is 4.79 Å². The lowest BCUT2D eigenvalue weighted by Gasteiger charge is -2.16. The van der Waals surface area contributed by atoms with Crippen LogP contribution in [0.25, 0.3) is 11.5 Å². The summed E-state index contributed by atoms with van der Waals surface area (Å²) >= 11 is 0. The Balaban J connectivity index is 1.79. The van der Waals surface area contributed by atoms with Crippen LogP contribution in [-0.2, 0) is 4.74 Å². The molecule has 0 saturated carbocycles. The minimum Gasteiger partial charge on any atom is -0.420 e. The van der Waals surface area contributed by atoms with Gasteiger partial charge in [0.25, 0.3) is 0 Å². The molecule has 0 spiro atoms. The van der Waals surface area contributed by atoms with Crippen molar-refractivity contribution in [3.8, 4) is 0 Å². The lowest BCUT2D eigenvalue weighted by Crippen LogP contribution is -2.08. The number of rotatable bonds is 7. The van der Waals surface area contributed by atoms with Crippen molar-refractivity contribution in [3.63, 3.8) is 0 Å². The van der Waals surface area contributed by atoms with Crippen molar-refractivity contribution in [2.75, 3.05) is 0 Å². The molecular weight excluding hydrogens is 466 g/mol. The summed E-state index contributed by atoms with van der Waals surface area (Å²) in [7, 11) is 0. The number of ether oxygens (including phenoxy) is 1. The summed E-state index contributed by atoms with van der Waals surface area (Å²) in [5.41, 5.74) is 6.49. The van der Waals surface area contributed by atoms with Gasteiger partial charge >= 0.3 is 5.97 Å². The van der Waals surface area contributed by atoms with Crippen molar-refractivity contribution in [3.05, 3.63) is 179 Å². The van der Waals surface area contributed by atoms with E-state index in [1.807, 2.05) is 140 Å². The van der Waals surface area contributed by atoms with Gasteiger partial charge in [0.05, 0.1) is 11.3 Å². The zero-order valence-corrected chi connectivity index (χ0v) is 21.1. The third-order valence-corrected chi connectivity index (χ3v) is 6.10. The second-order valence-corrected chi connectivity index (χ2v) is 8.86. The number of hydrogen-bond acceptors (Lipinski definition) is 3. The first kappa shape index (κ1) is 24.7. The molecule has 0 aromatic heterocycles. The van der Waals surface area contributed by atoms with E-state index >= 15 is 0 Å². The van der Waals surface area contributed by atoms with Gasteiger partial charge in [-0.2, -0.15) is 0 Å². The molecule has 0 radical (unpaired) electrons. The van der Waals surface area contributed by atoms with Crippen LogP contribution < -0.4 is 0 Å². The Kier molecular flexibility index (Phi) is 7.67. The van der Waals surface area contributed by atoms with E-state index < -0.39 is 5.97 Å². The fourth-order valence-corrected chi connectivity index (χ4v) is 4.12. The minimum atomic E-state index is -0.440. The second kappa shape index (κ2) is 11.8. The molecule has 0 aliphatic heterocycles. The largest absolute Gasteiger partial charge is 0.420 e. The van der Waals surface area contributed by atoms with Gasteiger partial charge in [0, 0.05) is 22.3 Å². The summed E-state index contributed by atoms with van der Waals surface area (Å²) in [5.74, 6) is -0.0436. The minimum absolute atomic E-state index is 0.396. The Bertz CT molecular complexity index is 1510. The average Bonchev–Trinajstić information content (AvgIpc) is 2.99. The van der Waals surface area contributed by atoms with Crippen LogP contribution in [0.1, 0.15) is 38.2 Å². The Hall–Kier alpha value is -5.02. The molecule has 3 nitrogen and oxygen atoms in total. The predicted octanol–water partition coefficient (Wildman–Crippen LogP) is 8.22. The van der Waals surface area contributed by atoms with E-state index in [4.69, 9.17) is 9.73 Å². The lowest BCUT2D eigenvalue weighted by molar-refractivity contribution is 0.0692. The molecule has 0 saturated heterocycles. The maximum Gasteiger partial charge on any atom is 0.343 e. The first-order valence-electron chi connectivity index (χ1n) is 12.5. The molecule has 0 fully saturated rings. The van der Waals surface area contributed by atoms with Crippen LogP contribution in [0.5, 0.6) is 0 Å². The molecule has 5 aromatic rings. The number of aliphatic imine (C=N–C) groups is 1. The molecule has 38 heavy (non-hydrogen) atoms. The van der Waals surface area contributed by atoms with Crippen molar-refractivity contribution < 1.29 is 9.53 Å². The van der Waals surface area contributed by atoms with Gasteiger partial charge in [-0.25, -0.2) is 9.79 Å². The number of nitrogens with zero attached hydrogens (tertiary/aromatic N) is 1. The van der Waals surface area contributed by atoms with Gasteiger partial charge in [0.15, 0.2) is 5.76 Å². The van der Waals surface area contributed by atoms with Gasteiger partial charge in [0.2, 0.25) is 0 Å². The summed E-state index contributed by atoms with van der Waals surface area (Å²) < 4.78 is 6.18. The highest BCUT2D eigenvalue weighted by atomic mass is 16.5. The highest BCUT2D eigenvalue weighted by Gasteiger charge is 2.20. The summed E-state index contributed by atoms with van der Waals surface area (Å²) in [6.45, 7) is 2.04. The number of carbonyl (C=O) groups excluding carboxylic acids is 1. The zero-order valence-electron chi connectivity index (χ0n) is 21.1. The Labute approximate surface area is 223 Å². The summed E-state index contributed by atoms with van der Waals surface area (Å²) in [5, 5.41) is 0. The molecule has 0 atom stereocenters. The maximum atomic E-state index is 13.3. The fraction of sp³-hybridized carbons (Fsp3) is 0.0286. The van der Waals surface area contributed by atoms with Gasteiger partial charge < -0.3 is 4.74 Å². The number of hydrogen-bond donors (Lipinski definition) is 0. The van der Waals surface area contributed by atoms with Crippen molar-refractivity contribution in [2.24, 2.45) is 4.99 Å². The molecule has 0 heterocycles. The third kappa shape index (κ3) is 5.85. The van der Waals surface area contributed by atoms with Crippen molar-refractivity contribution >= 4 is 23.1 Å². The van der Waals surface area contributed by atoms with Crippen LogP contribution in [0.3, 0.4) is 0 Å². The third-order valence-electron chi connectivity index (χ3n) is 6.10. The summed E-state index contributed by atoms with van der Waals surface area (Å²) in [6.07, 6.45) is 0. The SMILES string of the molecule is Cc1ccc(/C(N=C(c2ccccc2)c2ccccc2)=C(\OC(=O)c2ccccc2)c2ccccc2)cc1.